The fourth-order valence-corrected chi connectivity index (χ4v) is 4.26. The molecule has 9 heteroatoms. The molecule has 0 aliphatic carbocycles. The smallest absolute Gasteiger partial charge is 0.277 e. The van der Waals surface area contributed by atoms with Crippen molar-refractivity contribution in [2.24, 2.45) is 12.0 Å². The molecule has 4 aromatic rings. The number of fused-ring (bicyclic) bond motifs is 1. The molecular formula is C18H13ClN4O2S2. The van der Waals surface area contributed by atoms with Crippen LogP contribution in [0.25, 0.3) is 21.7 Å². The van der Waals surface area contributed by atoms with Gasteiger partial charge in [-0.3, -0.25) is 4.79 Å². The minimum absolute atomic E-state index is 0.110. The summed E-state index contributed by atoms with van der Waals surface area (Å²) in [4.78, 5) is 17.1. The third kappa shape index (κ3) is 3.83. The summed E-state index contributed by atoms with van der Waals surface area (Å²) >= 11 is 8.76. The number of aryl methyl sites for hydroxylation is 1. The first-order valence-electron chi connectivity index (χ1n) is 7.95. The number of hydrogen-bond donors (Lipinski definition) is 0. The molecule has 0 unspecified atom stereocenters. The number of aromatic nitrogens is 3. The van der Waals surface area contributed by atoms with Gasteiger partial charge in [-0.05, 0) is 24.3 Å². The summed E-state index contributed by atoms with van der Waals surface area (Å²) < 4.78 is 8.57. The maximum atomic E-state index is 12.2. The lowest BCUT2D eigenvalue weighted by molar-refractivity contribution is -0.115. The Balaban J connectivity index is 1.48. The summed E-state index contributed by atoms with van der Waals surface area (Å²) in [5, 5.41) is 8.77. The summed E-state index contributed by atoms with van der Waals surface area (Å²) in [6.45, 7) is 0. The molecule has 0 saturated heterocycles. The number of rotatable bonds is 4. The Morgan fingerprint density at radius 3 is 2.81 bits per heavy atom. The summed E-state index contributed by atoms with van der Waals surface area (Å²) in [5.41, 5.74) is 1.70. The SMILES string of the molecule is Cn1c(=NC(=O)CSc2nnc(-c3ccccc3Cl)o2)sc2ccccc21. The number of benzene rings is 2. The summed E-state index contributed by atoms with van der Waals surface area (Å²) in [6.07, 6.45) is 0. The molecule has 1 amide bonds. The maximum absolute atomic E-state index is 12.2. The highest BCUT2D eigenvalue weighted by atomic mass is 35.5. The minimum Gasteiger partial charge on any atom is -0.411 e. The highest BCUT2D eigenvalue weighted by Gasteiger charge is 2.13. The first-order chi connectivity index (χ1) is 13.1. The van der Waals surface area contributed by atoms with Crippen LogP contribution in [0.15, 0.2) is 63.2 Å². The molecule has 2 heterocycles. The standard InChI is InChI=1S/C18H13ClN4O2S2/c1-23-13-8-4-5-9-14(13)27-17(23)20-15(24)10-26-18-22-21-16(25-18)11-6-2-3-7-12(11)19/h2-9H,10H2,1H3. The molecule has 0 aliphatic rings. The van der Waals surface area contributed by atoms with Gasteiger partial charge in [0.2, 0.25) is 5.89 Å². The molecule has 0 N–H and O–H groups in total. The number of thioether (sulfide) groups is 1. The monoisotopic (exact) mass is 416 g/mol. The molecular weight excluding hydrogens is 404 g/mol. The van der Waals surface area contributed by atoms with E-state index < -0.39 is 0 Å². The van der Waals surface area contributed by atoms with Crippen molar-refractivity contribution in [2.45, 2.75) is 5.22 Å². The number of nitrogens with zero attached hydrogens (tertiary/aromatic N) is 4. The number of thiazole rings is 1. The number of para-hydroxylation sites is 1. The molecule has 2 aromatic heterocycles. The average Bonchev–Trinajstić information content (AvgIpc) is 3.26. The fraction of sp³-hybridized carbons (Fsp3) is 0.111. The van der Waals surface area contributed by atoms with Crippen LogP contribution in [0.5, 0.6) is 0 Å². The van der Waals surface area contributed by atoms with Gasteiger partial charge in [-0.25, -0.2) is 0 Å². The van der Waals surface area contributed by atoms with E-state index in [9.17, 15) is 4.79 Å². The highest BCUT2D eigenvalue weighted by Crippen LogP contribution is 2.28. The predicted octanol–water partition coefficient (Wildman–Crippen LogP) is 4.16. The Bertz CT molecular complexity index is 1200. The van der Waals surface area contributed by atoms with Gasteiger partial charge in [0.05, 0.1) is 26.6 Å². The third-order valence-electron chi connectivity index (χ3n) is 3.76. The van der Waals surface area contributed by atoms with Gasteiger partial charge in [0.15, 0.2) is 4.80 Å². The molecule has 0 atom stereocenters. The van der Waals surface area contributed by atoms with E-state index in [0.717, 1.165) is 22.0 Å². The van der Waals surface area contributed by atoms with Crippen molar-refractivity contribution in [1.29, 1.82) is 0 Å². The Morgan fingerprint density at radius 2 is 2.00 bits per heavy atom. The van der Waals surface area contributed by atoms with Crippen LogP contribution in [-0.4, -0.2) is 26.4 Å². The van der Waals surface area contributed by atoms with E-state index in [2.05, 4.69) is 15.2 Å². The zero-order valence-electron chi connectivity index (χ0n) is 14.1. The van der Waals surface area contributed by atoms with E-state index >= 15 is 0 Å². The minimum atomic E-state index is -0.264. The Morgan fingerprint density at radius 1 is 1.22 bits per heavy atom. The molecule has 136 valence electrons. The third-order valence-corrected chi connectivity index (χ3v) is 6.01. The quantitative estimate of drug-likeness (QED) is 0.467. The number of halogens is 1. The highest BCUT2D eigenvalue weighted by molar-refractivity contribution is 7.99. The zero-order valence-corrected chi connectivity index (χ0v) is 16.5. The summed E-state index contributed by atoms with van der Waals surface area (Å²) in [5.74, 6) is 0.168. The van der Waals surface area contributed by atoms with Crippen LogP contribution >= 0.6 is 34.7 Å². The van der Waals surface area contributed by atoms with Gasteiger partial charge >= 0.3 is 0 Å². The first-order valence-corrected chi connectivity index (χ1v) is 10.1. The number of carbonyl (C=O) groups is 1. The molecule has 27 heavy (non-hydrogen) atoms. The molecule has 6 nitrogen and oxygen atoms in total. The van der Waals surface area contributed by atoms with E-state index in [1.54, 1.807) is 12.1 Å². The lowest BCUT2D eigenvalue weighted by atomic mass is 10.2. The van der Waals surface area contributed by atoms with Gasteiger partial charge in [-0.2, -0.15) is 4.99 Å². The van der Waals surface area contributed by atoms with Crippen LogP contribution in [0, 0.1) is 0 Å². The normalized spacial score (nSPS) is 12.0. The zero-order chi connectivity index (χ0) is 18.8. The van der Waals surface area contributed by atoms with Crippen molar-refractivity contribution in [3.8, 4) is 11.5 Å². The van der Waals surface area contributed by atoms with Crippen molar-refractivity contribution in [3.63, 3.8) is 0 Å². The van der Waals surface area contributed by atoms with Gasteiger partial charge in [0, 0.05) is 7.05 Å². The number of carbonyl (C=O) groups excluding carboxylic acids is 1. The van der Waals surface area contributed by atoms with Crippen molar-refractivity contribution in [1.82, 2.24) is 14.8 Å². The molecule has 0 aliphatic heterocycles. The van der Waals surface area contributed by atoms with Crippen LogP contribution in [-0.2, 0) is 11.8 Å². The van der Waals surface area contributed by atoms with Crippen molar-refractivity contribution >= 4 is 50.8 Å². The van der Waals surface area contributed by atoms with Crippen LogP contribution in [0.1, 0.15) is 0 Å². The lowest BCUT2D eigenvalue weighted by Crippen LogP contribution is -2.14. The molecule has 0 spiro atoms. The van der Waals surface area contributed by atoms with Crippen molar-refractivity contribution in [3.05, 3.63) is 58.4 Å². The summed E-state index contributed by atoms with van der Waals surface area (Å²) in [7, 11) is 1.89. The van der Waals surface area contributed by atoms with Gasteiger partial charge in [-0.15, -0.1) is 10.2 Å². The van der Waals surface area contributed by atoms with Gasteiger partial charge < -0.3 is 8.98 Å². The van der Waals surface area contributed by atoms with Gasteiger partial charge in [0.1, 0.15) is 0 Å². The predicted molar refractivity (Wildman–Crippen MR) is 107 cm³/mol. The van der Waals surface area contributed by atoms with Gasteiger partial charge in [-0.1, -0.05) is 59.0 Å². The van der Waals surface area contributed by atoms with E-state index in [1.807, 2.05) is 48.0 Å². The average molecular weight is 417 g/mol. The molecule has 0 fully saturated rings. The molecule has 4 rings (SSSR count). The van der Waals surface area contributed by atoms with Crippen LogP contribution in [0.2, 0.25) is 5.02 Å². The van der Waals surface area contributed by atoms with Crippen LogP contribution in [0.3, 0.4) is 0 Å². The Hall–Kier alpha value is -2.42. The molecule has 0 bridgehead atoms. The van der Waals surface area contributed by atoms with E-state index in [1.165, 1.54) is 11.3 Å². The Kier molecular flexibility index (Phi) is 5.11. The largest absolute Gasteiger partial charge is 0.411 e. The molecule has 0 radical (unpaired) electrons. The van der Waals surface area contributed by atoms with Crippen molar-refractivity contribution in [2.75, 3.05) is 5.75 Å². The van der Waals surface area contributed by atoms with E-state index in [0.29, 0.717) is 26.5 Å². The topological polar surface area (TPSA) is 73.3 Å². The molecule has 0 saturated carbocycles. The van der Waals surface area contributed by atoms with Gasteiger partial charge in [0.25, 0.3) is 11.1 Å². The first kappa shape index (κ1) is 18.0. The van der Waals surface area contributed by atoms with Crippen LogP contribution < -0.4 is 4.80 Å². The Labute approximate surface area is 167 Å². The molecule has 2 aromatic carbocycles. The number of hydrogen-bond acceptors (Lipinski definition) is 6. The van der Waals surface area contributed by atoms with E-state index in [-0.39, 0.29) is 11.7 Å². The van der Waals surface area contributed by atoms with Crippen LogP contribution in [0.4, 0.5) is 0 Å². The second kappa shape index (κ2) is 7.67. The number of amides is 1. The fourth-order valence-electron chi connectivity index (χ4n) is 2.46. The summed E-state index contributed by atoms with van der Waals surface area (Å²) in [6, 6.07) is 15.1. The van der Waals surface area contributed by atoms with Crippen molar-refractivity contribution < 1.29 is 9.21 Å². The maximum Gasteiger partial charge on any atom is 0.277 e. The second-order valence-corrected chi connectivity index (χ2v) is 7.90. The van der Waals surface area contributed by atoms with E-state index in [4.69, 9.17) is 16.0 Å². The second-order valence-electron chi connectivity index (χ2n) is 5.56. The lowest BCUT2D eigenvalue weighted by Gasteiger charge is -1.96.